The lowest BCUT2D eigenvalue weighted by atomic mass is 10.2. The molecule has 1 heterocycles. The fourth-order valence-corrected chi connectivity index (χ4v) is 2.38. The molecule has 0 radical (unpaired) electrons. The minimum Gasteiger partial charge on any atom is -0.496 e. The molecule has 0 unspecified atom stereocenters. The highest BCUT2D eigenvalue weighted by molar-refractivity contribution is 6.31. The van der Waals surface area contributed by atoms with Gasteiger partial charge in [-0.3, -0.25) is 4.79 Å². The standard InChI is InChI=1S/C16H13ClFN5O2/c1-25-14-7-2-10(17)8-13(14)16(24)19-9-15-20-21-22-23(15)12-5-3-11(18)4-6-12/h2-8H,9H2,1H3,(H,19,24). The highest BCUT2D eigenvalue weighted by Crippen LogP contribution is 2.22. The Hall–Kier alpha value is -3.00. The molecule has 1 amide bonds. The molecule has 128 valence electrons. The molecule has 0 saturated carbocycles. The van der Waals surface area contributed by atoms with Crippen LogP contribution < -0.4 is 10.1 Å². The predicted octanol–water partition coefficient (Wildman–Crippen LogP) is 2.39. The molecule has 7 nitrogen and oxygen atoms in total. The first-order chi connectivity index (χ1) is 12.1. The third-order valence-electron chi connectivity index (χ3n) is 3.42. The molecule has 0 spiro atoms. The minimum absolute atomic E-state index is 0.0683. The minimum atomic E-state index is -0.381. The highest BCUT2D eigenvalue weighted by atomic mass is 35.5. The van der Waals surface area contributed by atoms with Crippen molar-refractivity contribution in [1.82, 2.24) is 25.5 Å². The maximum absolute atomic E-state index is 13.0. The number of nitrogens with one attached hydrogen (secondary N) is 1. The fourth-order valence-electron chi connectivity index (χ4n) is 2.21. The number of ether oxygens (including phenoxy) is 1. The Labute approximate surface area is 147 Å². The molecule has 0 atom stereocenters. The van der Waals surface area contributed by atoms with Crippen molar-refractivity contribution in [2.24, 2.45) is 0 Å². The number of hydrogen-bond donors (Lipinski definition) is 1. The topological polar surface area (TPSA) is 81.9 Å². The first kappa shape index (κ1) is 16.8. The lowest BCUT2D eigenvalue weighted by molar-refractivity contribution is 0.0946. The predicted molar refractivity (Wildman–Crippen MR) is 88.3 cm³/mol. The summed E-state index contributed by atoms with van der Waals surface area (Å²) >= 11 is 5.93. The number of benzene rings is 2. The summed E-state index contributed by atoms with van der Waals surface area (Å²) in [7, 11) is 1.47. The Balaban J connectivity index is 1.77. The second kappa shape index (κ2) is 7.27. The third-order valence-corrected chi connectivity index (χ3v) is 3.65. The number of tetrazole rings is 1. The molecule has 0 aliphatic carbocycles. The van der Waals surface area contributed by atoms with Crippen LogP contribution in [0.1, 0.15) is 16.2 Å². The first-order valence-electron chi connectivity index (χ1n) is 7.23. The second-order valence-electron chi connectivity index (χ2n) is 5.01. The van der Waals surface area contributed by atoms with Crippen LogP contribution in [-0.2, 0) is 6.54 Å². The Morgan fingerprint density at radius 2 is 2.04 bits per heavy atom. The average Bonchev–Trinajstić information content (AvgIpc) is 3.09. The zero-order valence-electron chi connectivity index (χ0n) is 13.1. The smallest absolute Gasteiger partial charge is 0.255 e. The van der Waals surface area contributed by atoms with Crippen LogP contribution >= 0.6 is 11.6 Å². The summed E-state index contributed by atoms with van der Waals surface area (Å²) in [5.74, 6) is 0.0497. The van der Waals surface area contributed by atoms with Gasteiger partial charge in [-0.2, -0.15) is 4.68 Å². The molecule has 0 aliphatic rings. The lowest BCUT2D eigenvalue weighted by Crippen LogP contribution is -2.25. The van der Waals surface area contributed by atoms with Crippen molar-refractivity contribution >= 4 is 17.5 Å². The number of aromatic nitrogens is 4. The molecule has 1 aromatic heterocycles. The van der Waals surface area contributed by atoms with Gasteiger partial charge in [0.1, 0.15) is 11.6 Å². The summed E-state index contributed by atoms with van der Waals surface area (Å²) < 4.78 is 19.6. The van der Waals surface area contributed by atoms with E-state index < -0.39 is 0 Å². The van der Waals surface area contributed by atoms with Gasteiger partial charge in [-0.1, -0.05) is 11.6 Å². The van der Waals surface area contributed by atoms with Crippen LogP contribution in [0.5, 0.6) is 5.75 Å². The highest BCUT2D eigenvalue weighted by Gasteiger charge is 2.15. The summed E-state index contributed by atoms with van der Waals surface area (Å²) in [5, 5.41) is 14.4. The molecule has 0 saturated heterocycles. The quantitative estimate of drug-likeness (QED) is 0.754. The zero-order valence-corrected chi connectivity index (χ0v) is 13.9. The first-order valence-corrected chi connectivity index (χ1v) is 7.61. The molecule has 0 aliphatic heterocycles. The van der Waals surface area contributed by atoms with Crippen LogP contribution in [0.15, 0.2) is 42.5 Å². The number of methoxy groups -OCH3 is 1. The van der Waals surface area contributed by atoms with Crippen molar-refractivity contribution in [3.05, 3.63) is 64.7 Å². The summed E-state index contributed by atoms with van der Waals surface area (Å²) in [5.41, 5.74) is 0.881. The molecule has 1 N–H and O–H groups in total. The summed E-state index contributed by atoms with van der Waals surface area (Å²) in [6.45, 7) is 0.0683. The zero-order chi connectivity index (χ0) is 17.8. The van der Waals surface area contributed by atoms with Crippen LogP contribution in [0, 0.1) is 5.82 Å². The number of carbonyl (C=O) groups excluding carboxylic acids is 1. The van der Waals surface area contributed by atoms with Gasteiger partial charge in [0.05, 0.1) is 24.9 Å². The maximum Gasteiger partial charge on any atom is 0.255 e. The molecular weight excluding hydrogens is 349 g/mol. The largest absolute Gasteiger partial charge is 0.496 e. The number of rotatable bonds is 5. The normalized spacial score (nSPS) is 10.5. The van der Waals surface area contributed by atoms with E-state index in [-0.39, 0.29) is 18.3 Å². The van der Waals surface area contributed by atoms with E-state index in [0.717, 1.165) is 0 Å². The van der Waals surface area contributed by atoms with Gasteiger partial charge in [0.15, 0.2) is 5.82 Å². The van der Waals surface area contributed by atoms with Gasteiger partial charge in [-0.15, -0.1) is 5.10 Å². The van der Waals surface area contributed by atoms with Gasteiger partial charge < -0.3 is 10.1 Å². The van der Waals surface area contributed by atoms with Crippen molar-refractivity contribution in [3.8, 4) is 11.4 Å². The number of nitrogens with zero attached hydrogens (tertiary/aromatic N) is 4. The molecule has 2 aromatic carbocycles. The van der Waals surface area contributed by atoms with E-state index in [4.69, 9.17) is 16.3 Å². The maximum atomic E-state index is 13.0. The van der Waals surface area contributed by atoms with E-state index in [1.807, 2.05) is 0 Å². The van der Waals surface area contributed by atoms with E-state index in [0.29, 0.717) is 27.8 Å². The van der Waals surface area contributed by atoms with Crippen molar-refractivity contribution in [3.63, 3.8) is 0 Å². The van der Waals surface area contributed by atoms with E-state index in [2.05, 4.69) is 20.8 Å². The molecule has 0 fully saturated rings. The van der Waals surface area contributed by atoms with Gasteiger partial charge in [0.2, 0.25) is 0 Å². The Morgan fingerprint density at radius 1 is 1.28 bits per heavy atom. The molecular formula is C16H13ClFN5O2. The molecule has 9 heteroatoms. The average molecular weight is 362 g/mol. The Bertz CT molecular complexity index is 898. The Morgan fingerprint density at radius 3 is 2.76 bits per heavy atom. The summed E-state index contributed by atoms with van der Waals surface area (Å²) in [4.78, 5) is 12.4. The molecule has 3 rings (SSSR count). The number of carbonyl (C=O) groups is 1. The number of amides is 1. The van der Waals surface area contributed by atoms with Crippen LogP contribution in [0.25, 0.3) is 5.69 Å². The van der Waals surface area contributed by atoms with E-state index in [9.17, 15) is 9.18 Å². The van der Waals surface area contributed by atoms with E-state index in [1.165, 1.54) is 42.1 Å². The third kappa shape index (κ3) is 3.74. The molecule has 3 aromatic rings. The van der Waals surface area contributed by atoms with E-state index in [1.54, 1.807) is 12.1 Å². The van der Waals surface area contributed by atoms with Gasteiger partial charge in [0.25, 0.3) is 5.91 Å². The summed E-state index contributed by atoms with van der Waals surface area (Å²) in [6, 6.07) is 10.4. The van der Waals surface area contributed by atoms with E-state index >= 15 is 0 Å². The van der Waals surface area contributed by atoms with Crippen molar-refractivity contribution in [2.45, 2.75) is 6.54 Å². The monoisotopic (exact) mass is 361 g/mol. The number of halogens is 2. The van der Waals surface area contributed by atoms with Crippen molar-refractivity contribution < 1.29 is 13.9 Å². The van der Waals surface area contributed by atoms with Gasteiger partial charge in [0, 0.05) is 5.02 Å². The van der Waals surface area contributed by atoms with Gasteiger partial charge in [-0.05, 0) is 52.9 Å². The van der Waals surface area contributed by atoms with Crippen molar-refractivity contribution in [2.75, 3.05) is 7.11 Å². The fraction of sp³-hybridized carbons (Fsp3) is 0.125. The Kier molecular flexibility index (Phi) is 4.90. The van der Waals surface area contributed by atoms with Crippen molar-refractivity contribution in [1.29, 1.82) is 0 Å². The SMILES string of the molecule is COc1ccc(Cl)cc1C(=O)NCc1nnnn1-c1ccc(F)cc1. The van der Waals surface area contributed by atoms with Gasteiger partial charge >= 0.3 is 0 Å². The van der Waals surface area contributed by atoms with Crippen LogP contribution in [0.3, 0.4) is 0 Å². The van der Waals surface area contributed by atoms with Gasteiger partial charge in [-0.25, -0.2) is 4.39 Å². The molecule has 0 bridgehead atoms. The second-order valence-corrected chi connectivity index (χ2v) is 5.45. The van der Waals surface area contributed by atoms with Crippen LogP contribution in [-0.4, -0.2) is 33.2 Å². The molecule has 25 heavy (non-hydrogen) atoms. The van der Waals surface area contributed by atoms with Crippen LogP contribution in [0.2, 0.25) is 5.02 Å². The summed E-state index contributed by atoms with van der Waals surface area (Å²) in [6.07, 6.45) is 0. The number of hydrogen-bond acceptors (Lipinski definition) is 5. The van der Waals surface area contributed by atoms with Crippen LogP contribution in [0.4, 0.5) is 4.39 Å². The lowest BCUT2D eigenvalue weighted by Gasteiger charge is -2.10.